The molecule has 2 heterocycles. The molecule has 0 amide bonds. The van der Waals surface area contributed by atoms with Crippen LogP contribution in [0.2, 0.25) is 0 Å². The lowest BCUT2D eigenvalue weighted by Gasteiger charge is -2.31. The largest absolute Gasteiger partial charge is 0.459 e. The average molecular weight is 366 g/mol. The van der Waals surface area contributed by atoms with Gasteiger partial charge in [-0.05, 0) is 20.3 Å². The van der Waals surface area contributed by atoms with E-state index >= 15 is 0 Å². The molecule has 0 bridgehead atoms. The number of hydrogen-bond acceptors (Lipinski definition) is 7. The summed E-state index contributed by atoms with van der Waals surface area (Å²) >= 11 is 0. The summed E-state index contributed by atoms with van der Waals surface area (Å²) in [6, 6.07) is 8.70. The number of carbonyl (C=O) groups excluding carboxylic acids is 2. The zero-order chi connectivity index (χ0) is 19.6. The number of allylic oxidation sites excluding steroid dienone is 1. The maximum atomic E-state index is 13.6. The Morgan fingerprint density at radius 1 is 1.37 bits per heavy atom. The molecule has 0 fully saturated rings. The number of fused-ring (bicyclic) bond motifs is 1. The number of ketones is 1. The number of rotatable bonds is 3. The summed E-state index contributed by atoms with van der Waals surface area (Å²) in [6.07, 6.45) is 0.238. The Bertz CT molecular complexity index is 1000. The Morgan fingerprint density at radius 3 is 2.74 bits per heavy atom. The molecule has 0 saturated heterocycles. The second-order valence-corrected chi connectivity index (χ2v) is 6.85. The molecule has 27 heavy (non-hydrogen) atoms. The maximum absolute atomic E-state index is 13.6. The van der Waals surface area contributed by atoms with Gasteiger partial charge in [-0.1, -0.05) is 31.2 Å². The molecule has 3 atom stereocenters. The van der Waals surface area contributed by atoms with Gasteiger partial charge in [0.05, 0.1) is 6.10 Å². The summed E-state index contributed by atoms with van der Waals surface area (Å²) in [7, 11) is 0. The molecule has 2 N–H and O–H groups in total. The molecule has 3 aliphatic rings. The van der Waals surface area contributed by atoms with E-state index in [4.69, 9.17) is 19.9 Å². The number of carbonyl (C=O) groups is 2. The van der Waals surface area contributed by atoms with Crippen molar-refractivity contribution < 1.29 is 23.8 Å². The smallest absolute Gasteiger partial charge is 0.339 e. The first-order chi connectivity index (χ1) is 12.8. The Labute approximate surface area is 156 Å². The summed E-state index contributed by atoms with van der Waals surface area (Å²) in [5, 5.41) is 9.78. The lowest BCUT2D eigenvalue weighted by Crippen LogP contribution is -2.45. The molecule has 0 unspecified atom stereocenters. The minimum Gasteiger partial charge on any atom is -0.459 e. The van der Waals surface area contributed by atoms with Crippen molar-refractivity contribution in [3.8, 4) is 6.07 Å². The molecule has 4 rings (SSSR count). The molecule has 0 spiro atoms. The molecule has 7 heteroatoms. The van der Waals surface area contributed by atoms with Crippen molar-refractivity contribution in [2.75, 3.05) is 0 Å². The Balaban J connectivity index is 2.00. The third kappa shape index (κ3) is 1.75. The predicted molar refractivity (Wildman–Crippen MR) is 92.4 cm³/mol. The van der Waals surface area contributed by atoms with E-state index in [-0.39, 0.29) is 28.9 Å². The first-order valence-corrected chi connectivity index (χ1v) is 8.70. The average Bonchev–Trinajstić information content (AvgIpc) is 3.11. The second-order valence-electron chi connectivity index (χ2n) is 6.85. The highest BCUT2D eigenvalue weighted by Crippen LogP contribution is 2.69. The number of nitrogens with zero attached hydrogens (tertiary/aromatic N) is 1. The molecule has 1 aliphatic carbocycles. The van der Waals surface area contributed by atoms with Gasteiger partial charge in [0.15, 0.2) is 11.2 Å². The summed E-state index contributed by atoms with van der Waals surface area (Å²) in [5.74, 6) is -2.89. The Hall–Kier alpha value is -3.27. The number of hydrogen-bond donors (Lipinski definition) is 1. The summed E-state index contributed by atoms with van der Waals surface area (Å²) < 4.78 is 17.3. The van der Waals surface area contributed by atoms with Crippen LogP contribution < -0.4 is 5.73 Å². The molecule has 2 aliphatic heterocycles. The van der Waals surface area contributed by atoms with Gasteiger partial charge in [-0.2, -0.15) is 5.26 Å². The highest BCUT2D eigenvalue weighted by atomic mass is 16.7. The topological polar surface area (TPSA) is 112 Å². The van der Waals surface area contributed by atoms with Crippen LogP contribution in [0.4, 0.5) is 0 Å². The lowest BCUT2D eigenvalue weighted by atomic mass is 9.69. The number of benzene rings is 1. The minimum atomic E-state index is -1.79. The molecule has 138 valence electrons. The zero-order valence-corrected chi connectivity index (χ0v) is 15.2. The summed E-state index contributed by atoms with van der Waals surface area (Å²) in [6.45, 7) is 5.19. The van der Waals surface area contributed by atoms with E-state index in [0.717, 1.165) is 0 Å². The third-order valence-electron chi connectivity index (χ3n) is 5.46. The van der Waals surface area contributed by atoms with Gasteiger partial charge in [-0.3, -0.25) is 4.79 Å². The van der Waals surface area contributed by atoms with Crippen molar-refractivity contribution in [2.45, 2.75) is 39.1 Å². The lowest BCUT2D eigenvalue weighted by molar-refractivity contribution is -0.199. The van der Waals surface area contributed by atoms with Crippen molar-refractivity contribution in [2.24, 2.45) is 11.1 Å². The van der Waals surface area contributed by atoms with Gasteiger partial charge < -0.3 is 19.9 Å². The highest BCUT2D eigenvalue weighted by Gasteiger charge is 2.80. The van der Waals surface area contributed by atoms with Gasteiger partial charge in [0.25, 0.3) is 0 Å². The molecule has 0 radical (unpaired) electrons. The normalized spacial score (nSPS) is 28.7. The van der Waals surface area contributed by atoms with Crippen LogP contribution >= 0.6 is 0 Å². The van der Waals surface area contributed by atoms with Crippen molar-refractivity contribution in [3.05, 3.63) is 58.2 Å². The fourth-order valence-corrected chi connectivity index (χ4v) is 4.17. The van der Waals surface area contributed by atoms with Crippen LogP contribution in [0.3, 0.4) is 0 Å². The van der Waals surface area contributed by atoms with Crippen LogP contribution in [0.1, 0.15) is 43.1 Å². The highest BCUT2D eigenvalue weighted by molar-refractivity contribution is 6.16. The quantitative estimate of drug-likeness (QED) is 0.817. The molecule has 0 saturated carbocycles. The van der Waals surface area contributed by atoms with E-state index < -0.39 is 23.0 Å². The fraction of sp³-hybridized carbons (Fsp3) is 0.350. The van der Waals surface area contributed by atoms with Crippen LogP contribution in [0.25, 0.3) is 0 Å². The Kier molecular flexibility index (Phi) is 3.41. The molecular weight excluding hydrogens is 348 g/mol. The summed E-state index contributed by atoms with van der Waals surface area (Å²) in [5.41, 5.74) is 4.77. The third-order valence-corrected chi connectivity index (χ3v) is 5.46. The number of nitrogens with two attached hydrogens (primary N) is 1. The minimum absolute atomic E-state index is 0.0269. The first kappa shape index (κ1) is 17.2. The van der Waals surface area contributed by atoms with Gasteiger partial charge in [0, 0.05) is 11.1 Å². The predicted octanol–water partition coefficient (Wildman–Crippen LogP) is 2.39. The second kappa shape index (κ2) is 5.36. The number of nitriles is 1. The molecule has 1 aromatic rings. The monoisotopic (exact) mass is 366 g/mol. The summed E-state index contributed by atoms with van der Waals surface area (Å²) in [4.78, 5) is 26.6. The molecule has 0 aromatic heterocycles. The number of esters is 1. The van der Waals surface area contributed by atoms with Crippen LogP contribution in [0.15, 0.2) is 47.1 Å². The van der Waals surface area contributed by atoms with Gasteiger partial charge >= 0.3 is 11.8 Å². The number of ether oxygens (including phenoxy) is 3. The van der Waals surface area contributed by atoms with Gasteiger partial charge in [-0.15, -0.1) is 0 Å². The zero-order valence-electron chi connectivity index (χ0n) is 15.2. The molecular formula is C20H18N2O5. The van der Waals surface area contributed by atoms with Crippen molar-refractivity contribution in [3.63, 3.8) is 0 Å². The standard InChI is InChI=1S/C20H18N2O5/c1-4-10(2)25-18(24)15-11(3)26-20-13-8-6-5-7-12(13)16(23)19(15,20)14(9-21)17(22)27-20/h5-8,10H,4,22H2,1-3H3/t10-,19-,20+/m0/s1. The van der Waals surface area contributed by atoms with E-state index in [1.54, 1.807) is 38.1 Å². The molecule has 1 aromatic carbocycles. The van der Waals surface area contributed by atoms with E-state index in [1.807, 2.05) is 13.0 Å². The SMILES string of the molecule is CC[C@H](C)OC(=O)C1=C(C)O[C@]23OC(N)=C(C#N)[C@@]12C(=O)c1ccccc13. The fourth-order valence-electron chi connectivity index (χ4n) is 4.17. The van der Waals surface area contributed by atoms with Crippen LogP contribution in [-0.2, 0) is 24.8 Å². The first-order valence-electron chi connectivity index (χ1n) is 8.70. The van der Waals surface area contributed by atoms with Gasteiger partial charge in [0.2, 0.25) is 5.88 Å². The van der Waals surface area contributed by atoms with Gasteiger partial charge in [-0.25, -0.2) is 4.79 Å². The van der Waals surface area contributed by atoms with Crippen molar-refractivity contribution in [1.29, 1.82) is 5.26 Å². The van der Waals surface area contributed by atoms with E-state index in [9.17, 15) is 14.9 Å². The van der Waals surface area contributed by atoms with Crippen LogP contribution in [0, 0.1) is 16.7 Å². The van der Waals surface area contributed by atoms with Crippen molar-refractivity contribution in [1.82, 2.24) is 0 Å². The van der Waals surface area contributed by atoms with E-state index in [1.165, 1.54) is 0 Å². The Morgan fingerprint density at radius 2 is 2.07 bits per heavy atom. The van der Waals surface area contributed by atoms with E-state index in [0.29, 0.717) is 17.5 Å². The maximum Gasteiger partial charge on any atom is 0.339 e. The van der Waals surface area contributed by atoms with E-state index in [2.05, 4.69) is 0 Å². The van der Waals surface area contributed by atoms with Crippen LogP contribution in [0.5, 0.6) is 0 Å². The number of Topliss-reactive ketones (excluding diaryl/α,β-unsaturated/α-hetero) is 1. The van der Waals surface area contributed by atoms with Gasteiger partial charge in [0.1, 0.15) is 23.0 Å². The molecule has 7 nitrogen and oxygen atoms in total. The van der Waals surface area contributed by atoms with Crippen LogP contribution in [-0.4, -0.2) is 17.9 Å². The van der Waals surface area contributed by atoms with Crippen molar-refractivity contribution >= 4 is 11.8 Å².